The molecule has 0 bridgehead atoms. The van der Waals surface area contributed by atoms with E-state index in [1.807, 2.05) is 0 Å². The van der Waals surface area contributed by atoms with Crippen LogP contribution >= 0.6 is 12.6 Å². The highest BCUT2D eigenvalue weighted by atomic mass is 32.1. The molecule has 0 aliphatic rings. The van der Waals surface area contributed by atoms with Crippen molar-refractivity contribution >= 4 is 35.7 Å². The van der Waals surface area contributed by atoms with Gasteiger partial charge in [0.15, 0.2) is 0 Å². The third-order valence-electron chi connectivity index (χ3n) is 0.889. The van der Waals surface area contributed by atoms with Gasteiger partial charge in [-0.2, -0.15) is 15.0 Å². The molecule has 0 spiro atoms. The van der Waals surface area contributed by atoms with Crippen LogP contribution in [0, 0.1) is 0 Å². The fourth-order valence-corrected chi connectivity index (χ4v) is 0.661. The predicted molar refractivity (Wildman–Crippen MR) is 46.7 cm³/mol. The molecule has 5 N–H and O–H groups in total. The van der Waals surface area contributed by atoms with Gasteiger partial charge in [0.25, 0.3) is 5.24 Å². The van der Waals surface area contributed by atoms with Crippen molar-refractivity contribution in [3.8, 4) is 0 Å². The first-order valence-electron chi connectivity index (χ1n) is 2.85. The van der Waals surface area contributed by atoms with Crippen LogP contribution in [0.15, 0.2) is 0 Å². The van der Waals surface area contributed by atoms with Crippen molar-refractivity contribution in [3.05, 3.63) is 0 Å². The van der Waals surface area contributed by atoms with E-state index in [1.165, 1.54) is 0 Å². The largest absolute Gasteiger partial charge is 0.368 e. The minimum atomic E-state index is -0.597. The minimum absolute atomic E-state index is 0.0139. The Morgan fingerprint density at radius 2 is 1.75 bits per heavy atom. The zero-order chi connectivity index (χ0) is 9.14. The summed E-state index contributed by atoms with van der Waals surface area (Å²) in [7, 11) is 0. The SMILES string of the molecule is Nc1nc(N)nc(NC(=O)S)n1. The Hall–Kier alpha value is -1.57. The molecule has 0 aliphatic heterocycles. The Bertz CT molecular complexity index is 294. The Labute approximate surface area is 73.0 Å². The summed E-state index contributed by atoms with van der Waals surface area (Å²) in [5.74, 6) is -0.126. The summed E-state index contributed by atoms with van der Waals surface area (Å²) in [6, 6.07) is 0. The van der Waals surface area contributed by atoms with E-state index < -0.39 is 5.24 Å². The second-order valence-corrected chi connectivity index (χ2v) is 2.21. The average molecular weight is 186 g/mol. The number of hydrogen-bond acceptors (Lipinski definition) is 6. The maximum Gasteiger partial charge on any atom is 0.282 e. The number of nitrogens with one attached hydrogen (secondary N) is 1. The van der Waals surface area contributed by atoms with Crippen LogP contribution < -0.4 is 16.8 Å². The molecule has 0 aliphatic carbocycles. The first-order chi connectivity index (χ1) is 5.58. The van der Waals surface area contributed by atoms with Crippen molar-refractivity contribution in [2.24, 2.45) is 0 Å². The minimum Gasteiger partial charge on any atom is -0.368 e. The van der Waals surface area contributed by atoms with Gasteiger partial charge in [-0.25, -0.2) is 0 Å². The third kappa shape index (κ3) is 2.23. The number of hydrogen-bond donors (Lipinski definition) is 4. The second kappa shape index (κ2) is 3.22. The number of carbonyl (C=O) groups is 1. The number of thiol groups is 1. The summed E-state index contributed by atoms with van der Waals surface area (Å²) in [6.07, 6.45) is 0. The lowest BCUT2D eigenvalue weighted by atomic mass is 10.8. The van der Waals surface area contributed by atoms with E-state index in [2.05, 4.69) is 32.9 Å². The van der Waals surface area contributed by atoms with Gasteiger partial charge in [0.05, 0.1) is 0 Å². The Balaban J connectivity index is 2.93. The Morgan fingerprint density at radius 3 is 2.17 bits per heavy atom. The van der Waals surface area contributed by atoms with Gasteiger partial charge in [0.2, 0.25) is 17.8 Å². The molecule has 12 heavy (non-hydrogen) atoms. The van der Waals surface area contributed by atoms with Crippen LogP contribution in [-0.4, -0.2) is 20.2 Å². The fourth-order valence-electron chi connectivity index (χ4n) is 0.561. The molecule has 1 aromatic heterocycles. The van der Waals surface area contributed by atoms with E-state index in [0.717, 1.165) is 0 Å². The quantitative estimate of drug-likeness (QED) is 0.439. The third-order valence-corrected chi connectivity index (χ3v) is 1.00. The van der Waals surface area contributed by atoms with Crippen LogP contribution in [0.5, 0.6) is 0 Å². The molecule has 64 valence electrons. The first kappa shape index (κ1) is 8.53. The fraction of sp³-hybridized carbons (Fsp3) is 0. The molecule has 1 amide bonds. The monoisotopic (exact) mass is 186 g/mol. The molecular formula is C4H6N6OS. The van der Waals surface area contributed by atoms with Gasteiger partial charge in [-0.1, -0.05) is 12.6 Å². The summed E-state index contributed by atoms with van der Waals surface area (Å²) >= 11 is 3.45. The Kier molecular flexibility index (Phi) is 2.29. The normalized spacial score (nSPS) is 9.42. The van der Waals surface area contributed by atoms with Gasteiger partial charge >= 0.3 is 0 Å². The van der Waals surface area contributed by atoms with Crippen molar-refractivity contribution < 1.29 is 4.79 Å². The van der Waals surface area contributed by atoms with Gasteiger partial charge in [-0.05, 0) is 0 Å². The lowest BCUT2D eigenvalue weighted by molar-refractivity contribution is 0.270. The van der Waals surface area contributed by atoms with E-state index in [-0.39, 0.29) is 17.8 Å². The van der Waals surface area contributed by atoms with Crippen molar-refractivity contribution in [1.82, 2.24) is 15.0 Å². The van der Waals surface area contributed by atoms with Crippen molar-refractivity contribution in [3.63, 3.8) is 0 Å². The number of nitrogen functional groups attached to an aromatic ring is 2. The topological polar surface area (TPSA) is 120 Å². The molecule has 0 saturated carbocycles. The van der Waals surface area contributed by atoms with Crippen molar-refractivity contribution in [1.29, 1.82) is 0 Å². The summed E-state index contributed by atoms with van der Waals surface area (Å²) in [5, 5.41) is 1.59. The van der Waals surface area contributed by atoms with Gasteiger partial charge in [0.1, 0.15) is 0 Å². The van der Waals surface area contributed by atoms with E-state index in [1.54, 1.807) is 0 Å². The van der Waals surface area contributed by atoms with E-state index >= 15 is 0 Å². The summed E-state index contributed by atoms with van der Waals surface area (Å²) < 4.78 is 0. The van der Waals surface area contributed by atoms with Crippen LogP contribution in [0.4, 0.5) is 22.6 Å². The molecule has 8 heteroatoms. The van der Waals surface area contributed by atoms with Crippen LogP contribution in [0.1, 0.15) is 0 Å². The van der Waals surface area contributed by atoms with E-state index in [0.29, 0.717) is 0 Å². The highest BCUT2D eigenvalue weighted by molar-refractivity contribution is 7.96. The number of carbonyl (C=O) groups excluding carboxylic acids is 1. The van der Waals surface area contributed by atoms with Gasteiger partial charge in [-0.3, -0.25) is 10.1 Å². The lowest BCUT2D eigenvalue weighted by Crippen LogP contribution is -2.10. The summed E-state index contributed by atoms with van der Waals surface area (Å²) in [4.78, 5) is 21.0. The molecular weight excluding hydrogens is 180 g/mol. The molecule has 0 fully saturated rings. The molecule has 0 saturated heterocycles. The Morgan fingerprint density at radius 1 is 1.25 bits per heavy atom. The molecule has 7 nitrogen and oxygen atoms in total. The molecule has 1 rings (SSSR count). The van der Waals surface area contributed by atoms with Crippen LogP contribution in [0.25, 0.3) is 0 Å². The summed E-state index contributed by atoms with van der Waals surface area (Å²) in [6.45, 7) is 0. The van der Waals surface area contributed by atoms with Crippen molar-refractivity contribution in [2.45, 2.75) is 0 Å². The highest BCUT2D eigenvalue weighted by Gasteiger charge is 2.02. The smallest absolute Gasteiger partial charge is 0.282 e. The van der Waals surface area contributed by atoms with Crippen LogP contribution in [-0.2, 0) is 0 Å². The van der Waals surface area contributed by atoms with Gasteiger partial charge < -0.3 is 11.5 Å². The molecule has 0 aromatic carbocycles. The number of amides is 1. The van der Waals surface area contributed by atoms with Gasteiger partial charge in [0, 0.05) is 0 Å². The number of nitrogens with zero attached hydrogens (tertiary/aromatic N) is 3. The van der Waals surface area contributed by atoms with E-state index in [9.17, 15) is 4.79 Å². The maximum absolute atomic E-state index is 10.4. The van der Waals surface area contributed by atoms with E-state index in [4.69, 9.17) is 11.5 Å². The number of anilines is 3. The predicted octanol–water partition coefficient (Wildman–Crippen LogP) is -0.502. The highest BCUT2D eigenvalue weighted by Crippen LogP contribution is 2.03. The van der Waals surface area contributed by atoms with Crippen molar-refractivity contribution in [2.75, 3.05) is 16.8 Å². The molecule has 0 unspecified atom stereocenters. The molecule has 0 atom stereocenters. The second-order valence-electron chi connectivity index (χ2n) is 1.81. The first-order valence-corrected chi connectivity index (χ1v) is 3.29. The van der Waals surface area contributed by atoms with Crippen LogP contribution in [0.2, 0.25) is 0 Å². The molecule has 0 radical (unpaired) electrons. The molecule has 1 aromatic rings. The summed E-state index contributed by atoms with van der Waals surface area (Å²) in [5.41, 5.74) is 10.4. The van der Waals surface area contributed by atoms with Gasteiger partial charge in [-0.15, -0.1) is 0 Å². The zero-order valence-corrected chi connectivity index (χ0v) is 6.75. The lowest BCUT2D eigenvalue weighted by Gasteiger charge is -1.99. The molecule has 1 heterocycles. The van der Waals surface area contributed by atoms with Crippen LogP contribution in [0.3, 0.4) is 0 Å². The number of rotatable bonds is 1. The standard InChI is InChI=1S/C4H6N6OS/c5-1-7-2(6)9-3(8-1)10-4(11)12/h(H6,5,6,7,8,9,10,11,12). The number of nitrogens with two attached hydrogens (primary N) is 2. The average Bonchev–Trinajstić information content (AvgIpc) is 1.81. The zero-order valence-electron chi connectivity index (χ0n) is 5.85. The number of aromatic nitrogens is 3. The maximum atomic E-state index is 10.4.